The number of nitrogens with one attached hydrogen (secondary N) is 1. The first-order chi connectivity index (χ1) is 14.4. The minimum Gasteiger partial charge on any atom is -0.490 e. The number of ether oxygens (including phenoxy) is 1. The molecule has 1 fully saturated rings. The molecule has 2 aromatic rings. The maximum absolute atomic E-state index is 12.8. The summed E-state index contributed by atoms with van der Waals surface area (Å²) in [5, 5.41) is 3.37. The van der Waals surface area contributed by atoms with E-state index in [4.69, 9.17) is 16.3 Å². The van der Waals surface area contributed by atoms with Crippen LogP contribution in [-0.2, 0) is 20.6 Å². The average Bonchev–Trinajstić information content (AvgIpc) is 2.73. The Kier molecular flexibility index (Phi) is 7.53. The molecule has 1 heterocycles. The zero-order valence-corrected chi connectivity index (χ0v) is 18.2. The lowest BCUT2D eigenvalue weighted by molar-refractivity contribution is -0.120. The van der Waals surface area contributed by atoms with Crippen molar-refractivity contribution in [2.45, 2.75) is 18.6 Å². The van der Waals surface area contributed by atoms with E-state index in [0.717, 1.165) is 0 Å². The highest BCUT2D eigenvalue weighted by molar-refractivity contribution is 7.88. The maximum Gasteiger partial charge on any atom is 0.228 e. The van der Waals surface area contributed by atoms with Crippen LogP contribution in [0.1, 0.15) is 18.4 Å². The normalized spacial score (nSPS) is 17.3. The van der Waals surface area contributed by atoms with Crippen molar-refractivity contribution in [3.8, 4) is 5.75 Å². The van der Waals surface area contributed by atoms with Gasteiger partial charge in [0.1, 0.15) is 12.4 Å². The van der Waals surface area contributed by atoms with Gasteiger partial charge >= 0.3 is 0 Å². The number of rotatable bonds is 8. The topological polar surface area (TPSA) is 75.7 Å². The van der Waals surface area contributed by atoms with Crippen molar-refractivity contribution < 1.29 is 17.9 Å². The molecule has 0 spiro atoms. The van der Waals surface area contributed by atoms with Gasteiger partial charge in [0.2, 0.25) is 15.9 Å². The van der Waals surface area contributed by atoms with Crippen LogP contribution < -0.4 is 10.1 Å². The van der Waals surface area contributed by atoms with Crippen LogP contribution in [0.3, 0.4) is 0 Å². The zero-order chi connectivity index (χ0) is 21.6. The van der Waals surface area contributed by atoms with Gasteiger partial charge in [0.15, 0.2) is 0 Å². The minimum atomic E-state index is -3.54. The van der Waals surface area contributed by atoms with Crippen LogP contribution in [0, 0.1) is 5.92 Å². The first kappa shape index (κ1) is 22.3. The van der Waals surface area contributed by atoms with Crippen LogP contribution >= 0.6 is 11.6 Å². The second kappa shape index (κ2) is 10.1. The van der Waals surface area contributed by atoms with Gasteiger partial charge in [-0.2, -0.15) is 0 Å². The van der Waals surface area contributed by atoms with E-state index >= 15 is 0 Å². The Bertz CT molecular complexity index is 992. The van der Waals surface area contributed by atoms with Crippen LogP contribution in [0.4, 0.5) is 5.69 Å². The number of nitrogens with zero attached hydrogens (tertiary/aromatic N) is 1. The Balaban J connectivity index is 1.60. The standard InChI is InChI=1S/C22H25ClN2O4S/c1-2-13-29-21-10-8-20(9-11-21)24-22(26)18-6-4-12-25(15-18)30(27,28)16-17-5-3-7-19(23)14-17/h2-3,5,7-11,14,18H,1,4,6,12-13,15-16H2,(H,24,26)/t18-/m0/s1. The highest BCUT2D eigenvalue weighted by Crippen LogP contribution is 2.24. The fourth-order valence-electron chi connectivity index (χ4n) is 3.37. The number of amides is 1. The lowest BCUT2D eigenvalue weighted by atomic mass is 9.99. The van der Waals surface area contributed by atoms with E-state index in [1.165, 1.54) is 4.31 Å². The highest BCUT2D eigenvalue weighted by Gasteiger charge is 2.32. The van der Waals surface area contributed by atoms with Crippen molar-refractivity contribution in [3.05, 3.63) is 71.8 Å². The fraction of sp³-hybridized carbons (Fsp3) is 0.318. The number of anilines is 1. The average molecular weight is 449 g/mol. The van der Waals surface area contributed by atoms with E-state index in [9.17, 15) is 13.2 Å². The van der Waals surface area contributed by atoms with Crippen molar-refractivity contribution >= 4 is 33.2 Å². The molecular weight excluding hydrogens is 424 g/mol. The van der Waals surface area contributed by atoms with Gasteiger partial charge in [-0.25, -0.2) is 12.7 Å². The molecule has 1 aliphatic heterocycles. The first-order valence-electron chi connectivity index (χ1n) is 9.74. The Morgan fingerprint density at radius 3 is 2.73 bits per heavy atom. The third-order valence-corrected chi connectivity index (χ3v) is 6.93. The van der Waals surface area contributed by atoms with Crippen LogP contribution in [0.2, 0.25) is 5.02 Å². The molecular formula is C22H25ClN2O4S. The number of hydrogen-bond donors (Lipinski definition) is 1. The molecule has 0 bridgehead atoms. The van der Waals surface area contributed by atoms with Crippen LogP contribution in [0.15, 0.2) is 61.2 Å². The van der Waals surface area contributed by atoms with E-state index in [2.05, 4.69) is 11.9 Å². The molecule has 0 aromatic heterocycles. The largest absolute Gasteiger partial charge is 0.490 e. The molecule has 0 aliphatic carbocycles. The summed E-state index contributed by atoms with van der Waals surface area (Å²) in [6.07, 6.45) is 2.95. The Morgan fingerprint density at radius 2 is 2.03 bits per heavy atom. The Labute approximate surface area is 182 Å². The minimum absolute atomic E-state index is 0.131. The van der Waals surface area contributed by atoms with Gasteiger partial charge < -0.3 is 10.1 Å². The lowest BCUT2D eigenvalue weighted by Crippen LogP contribution is -2.44. The number of sulfonamides is 1. The van der Waals surface area contributed by atoms with Gasteiger partial charge in [0, 0.05) is 23.8 Å². The Hall–Kier alpha value is -2.35. The maximum atomic E-state index is 12.8. The number of hydrogen-bond acceptors (Lipinski definition) is 4. The summed E-state index contributed by atoms with van der Waals surface area (Å²) < 4.78 is 32.5. The van der Waals surface area contributed by atoms with Crippen LogP contribution in [0.25, 0.3) is 0 Å². The van der Waals surface area contributed by atoms with Crippen molar-refractivity contribution in [1.29, 1.82) is 0 Å². The molecule has 2 aromatic carbocycles. The van der Waals surface area contributed by atoms with Gasteiger partial charge in [-0.1, -0.05) is 36.4 Å². The molecule has 0 unspecified atom stereocenters. The molecule has 1 N–H and O–H groups in total. The summed E-state index contributed by atoms with van der Waals surface area (Å²) in [5.41, 5.74) is 1.28. The van der Waals surface area contributed by atoms with Crippen LogP contribution in [-0.4, -0.2) is 38.3 Å². The number of carbonyl (C=O) groups excluding carboxylic acids is 1. The molecule has 1 amide bonds. The summed E-state index contributed by atoms with van der Waals surface area (Å²) >= 11 is 5.96. The molecule has 30 heavy (non-hydrogen) atoms. The van der Waals surface area contributed by atoms with E-state index in [1.54, 1.807) is 54.6 Å². The van der Waals surface area contributed by atoms with E-state index in [1.807, 2.05) is 0 Å². The summed E-state index contributed by atoms with van der Waals surface area (Å²) in [6.45, 7) is 4.60. The van der Waals surface area contributed by atoms with Gasteiger partial charge in [-0.3, -0.25) is 4.79 Å². The summed E-state index contributed by atoms with van der Waals surface area (Å²) in [5.74, 6) is -0.0283. The van der Waals surface area contributed by atoms with Gasteiger partial charge in [0.05, 0.1) is 11.7 Å². The molecule has 1 atom stereocenters. The molecule has 6 nitrogen and oxygen atoms in total. The Morgan fingerprint density at radius 1 is 1.27 bits per heavy atom. The van der Waals surface area contributed by atoms with Crippen molar-refractivity contribution in [2.24, 2.45) is 5.92 Å². The van der Waals surface area contributed by atoms with Crippen molar-refractivity contribution in [3.63, 3.8) is 0 Å². The molecule has 1 saturated heterocycles. The quantitative estimate of drug-likeness (QED) is 0.617. The lowest BCUT2D eigenvalue weighted by Gasteiger charge is -2.31. The SMILES string of the molecule is C=CCOc1ccc(NC(=O)[C@H]2CCCN(S(=O)(=O)Cc3cccc(Cl)c3)C2)cc1. The second-order valence-corrected chi connectivity index (χ2v) is 9.60. The van der Waals surface area contributed by atoms with E-state index in [-0.39, 0.29) is 18.2 Å². The summed E-state index contributed by atoms with van der Waals surface area (Å²) in [7, 11) is -3.54. The summed E-state index contributed by atoms with van der Waals surface area (Å²) in [4.78, 5) is 12.7. The second-order valence-electron chi connectivity index (χ2n) is 7.20. The van der Waals surface area contributed by atoms with E-state index in [0.29, 0.717) is 48.0 Å². The zero-order valence-electron chi connectivity index (χ0n) is 16.6. The predicted octanol–water partition coefficient (Wildman–Crippen LogP) is 4.09. The predicted molar refractivity (Wildman–Crippen MR) is 119 cm³/mol. The molecule has 0 radical (unpaired) electrons. The smallest absolute Gasteiger partial charge is 0.228 e. The summed E-state index contributed by atoms with van der Waals surface area (Å²) in [6, 6.07) is 13.9. The molecule has 1 aliphatic rings. The fourth-order valence-corrected chi connectivity index (χ4v) is 5.18. The third-order valence-electron chi connectivity index (χ3n) is 4.88. The number of carbonyl (C=O) groups is 1. The van der Waals surface area contributed by atoms with Crippen molar-refractivity contribution in [2.75, 3.05) is 25.0 Å². The molecule has 8 heteroatoms. The third kappa shape index (κ3) is 6.08. The first-order valence-corrected chi connectivity index (χ1v) is 11.7. The molecule has 160 valence electrons. The van der Waals surface area contributed by atoms with Gasteiger partial charge in [-0.05, 0) is 54.8 Å². The van der Waals surface area contributed by atoms with Gasteiger partial charge in [0.25, 0.3) is 0 Å². The van der Waals surface area contributed by atoms with E-state index < -0.39 is 15.9 Å². The van der Waals surface area contributed by atoms with Gasteiger partial charge in [-0.15, -0.1) is 0 Å². The van der Waals surface area contributed by atoms with Crippen LogP contribution in [0.5, 0.6) is 5.75 Å². The number of benzene rings is 2. The van der Waals surface area contributed by atoms with Crippen molar-refractivity contribution in [1.82, 2.24) is 4.31 Å². The highest BCUT2D eigenvalue weighted by atomic mass is 35.5. The molecule has 0 saturated carbocycles. The number of halogens is 1. The monoisotopic (exact) mass is 448 g/mol. The molecule has 3 rings (SSSR count). The number of piperidine rings is 1.